The van der Waals surface area contributed by atoms with Crippen molar-refractivity contribution in [3.8, 4) is 0 Å². The van der Waals surface area contributed by atoms with Gasteiger partial charge in [-0.15, -0.1) is 0 Å². The normalized spacial score (nSPS) is 10.4. The van der Waals surface area contributed by atoms with E-state index in [1.54, 1.807) is 12.6 Å². The van der Waals surface area contributed by atoms with Crippen LogP contribution in [0.2, 0.25) is 0 Å². The molecule has 0 aliphatic carbocycles. The van der Waals surface area contributed by atoms with Crippen LogP contribution in [-0.2, 0) is 4.79 Å². The van der Waals surface area contributed by atoms with E-state index in [4.69, 9.17) is 0 Å². The molecule has 2 aromatic rings. The van der Waals surface area contributed by atoms with Gasteiger partial charge >= 0.3 is 6.03 Å². The molecule has 3 amide bonds. The highest BCUT2D eigenvalue weighted by Crippen LogP contribution is 2.03. The molecule has 2 rings (SSSR count). The maximum Gasteiger partial charge on any atom is 0.324 e. The van der Waals surface area contributed by atoms with Crippen LogP contribution >= 0.6 is 0 Å². The van der Waals surface area contributed by atoms with E-state index in [0.29, 0.717) is 0 Å². The Bertz CT molecular complexity index is 651. The highest BCUT2D eigenvalue weighted by molar-refractivity contribution is 6.02. The lowest BCUT2D eigenvalue weighted by molar-refractivity contribution is -0.122. The number of hydrogen-bond donors (Lipinski definition) is 1. The zero-order chi connectivity index (χ0) is 15.8. The summed E-state index contributed by atoms with van der Waals surface area (Å²) >= 11 is 0. The molecule has 0 bridgehead atoms. The third-order valence-corrected chi connectivity index (χ3v) is 3.02. The molecule has 1 radical (unpaired) electrons. The van der Waals surface area contributed by atoms with Crippen LogP contribution in [0.1, 0.15) is 11.1 Å². The van der Waals surface area contributed by atoms with Crippen molar-refractivity contribution in [2.24, 2.45) is 0 Å². The lowest BCUT2D eigenvalue weighted by Gasteiger charge is -2.14. The van der Waals surface area contributed by atoms with E-state index in [0.717, 1.165) is 16.0 Å². The zero-order valence-corrected chi connectivity index (χ0v) is 12.3. The van der Waals surface area contributed by atoms with Crippen LogP contribution in [0.3, 0.4) is 0 Å². The summed E-state index contributed by atoms with van der Waals surface area (Å²) in [5.74, 6) is -0.386. The SMILES string of the molecule is CN(C(=O)/C=C/c1ccccc1)C(=O)N[CH]c1ccccc1. The Kier molecular flexibility index (Phi) is 5.49. The molecule has 0 heterocycles. The number of benzene rings is 2. The second-order valence-electron chi connectivity index (χ2n) is 4.65. The van der Waals surface area contributed by atoms with Crippen LogP contribution < -0.4 is 5.32 Å². The van der Waals surface area contributed by atoms with Gasteiger partial charge in [0.05, 0.1) is 6.54 Å². The predicted octanol–water partition coefficient (Wildman–Crippen LogP) is 3.08. The van der Waals surface area contributed by atoms with Crippen molar-refractivity contribution in [3.05, 3.63) is 84.4 Å². The monoisotopic (exact) mass is 293 g/mol. The fraction of sp³-hybridized carbons (Fsp3) is 0.0556. The molecule has 0 saturated heterocycles. The summed E-state index contributed by atoms with van der Waals surface area (Å²) in [6.45, 7) is 1.56. The molecule has 2 aromatic carbocycles. The van der Waals surface area contributed by atoms with Gasteiger partial charge in [-0.05, 0) is 17.2 Å². The van der Waals surface area contributed by atoms with Crippen molar-refractivity contribution in [2.75, 3.05) is 7.05 Å². The standard InChI is InChI=1S/C18H17N2O2/c1-20(17(21)13-12-15-8-4-2-5-9-15)18(22)19-14-16-10-6-3-7-11-16/h2-14H,1H3,(H,19,22)/b13-12+. The van der Waals surface area contributed by atoms with Gasteiger partial charge in [-0.3, -0.25) is 9.69 Å². The maximum absolute atomic E-state index is 11.9. The third-order valence-electron chi connectivity index (χ3n) is 3.02. The smallest absolute Gasteiger partial charge is 0.324 e. The minimum absolute atomic E-state index is 0.386. The van der Waals surface area contributed by atoms with Gasteiger partial charge in [-0.25, -0.2) is 4.79 Å². The van der Waals surface area contributed by atoms with Crippen LogP contribution in [0.25, 0.3) is 6.08 Å². The molecule has 0 spiro atoms. The van der Waals surface area contributed by atoms with Gasteiger partial charge in [0, 0.05) is 13.1 Å². The number of carbonyl (C=O) groups is 2. The molecule has 111 valence electrons. The van der Waals surface area contributed by atoms with Gasteiger partial charge < -0.3 is 5.32 Å². The minimum Gasteiger partial charge on any atom is -0.328 e. The number of likely N-dealkylation sites (N-methyl/N-ethyl adjacent to an activating group) is 1. The molecule has 0 fully saturated rings. The summed E-state index contributed by atoms with van der Waals surface area (Å²) in [5, 5.41) is 2.59. The quantitative estimate of drug-likeness (QED) is 0.881. The summed E-state index contributed by atoms with van der Waals surface area (Å²) in [7, 11) is 1.44. The molecule has 0 atom stereocenters. The molecule has 1 N–H and O–H groups in total. The van der Waals surface area contributed by atoms with Crippen molar-refractivity contribution in [1.82, 2.24) is 10.2 Å². The van der Waals surface area contributed by atoms with E-state index < -0.39 is 6.03 Å². The lowest BCUT2D eigenvalue weighted by Crippen LogP contribution is -2.39. The summed E-state index contributed by atoms with van der Waals surface area (Å²) in [6, 6.07) is 18.3. The molecule has 0 unspecified atom stereocenters. The van der Waals surface area contributed by atoms with Gasteiger partial charge in [0.2, 0.25) is 0 Å². The number of nitrogens with one attached hydrogen (secondary N) is 1. The van der Waals surface area contributed by atoms with Gasteiger partial charge in [-0.2, -0.15) is 0 Å². The Labute approximate surface area is 130 Å². The highest BCUT2D eigenvalue weighted by Gasteiger charge is 2.13. The molecule has 0 aliphatic heterocycles. The first-order valence-electron chi connectivity index (χ1n) is 6.86. The second-order valence-corrected chi connectivity index (χ2v) is 4.65. The van der Waals surface area contributed by atoms with Crippen LogP contribution in [0, 0.1) is 6.54 Å². The molecule has 0 saturated carbocycles. The van der Waals surface area contributed by atoms with Gasteiger partial charge in [0.25, 0.3) is 5.91 Å². The lowest BCUT2D eigenvalue weighted by atomic mass is 10.2. The average molecular weight is 293 g/mol. The molecular weight excluding hydrogens is 276 g/mol. The third kappa shape index (κ3) is 4.59. The fourth-order valence-corrected chi connectivity index (χ4v) is 1.73. The Morgan fingerprint density at radius 2 is 1.45 bits per heavy atom. The van der Waals surface area contributed by atoms with Crippen molar-refractivity contribution in [3.63, 3.8) is 0 Å². The summed E-state index contributed by atoms with van der Waals surface area (Å²) in [4.78, 5) is 24.9. The number of urea groups is 1. The van der Waals surface area contributed by atoms with Crippen molar-refractivity contribution in [2.45, 2.75) is 0 Å². The first-order valence-corrected chi connectivity index (χ1v) is 6.86. The molecule has 0 aliphatic rings. The van der Waals surface area contributed by atoms with Crippen LogP contribution in [0.4, 0.5) is 4.79 Å². The number of nitrogens with zero attached hydrogens (tertiary/aromatic N) is 1. The Balaban J connectivity index is 1.87. The molecule has 4 nitrogen and oxygen atoms in total. The average Bonchev–Trinajstić information content (AvgIpc) is 2.58. The van der Waals surface area contributed by atoms with E-state index in [1.165, 1.54) is 13.1 Å². The highest BCUT2D eigenvalue weighted by atomic mass is 16.2. The molecule has 22 heavy (non-hydrogen) atoms. The number of carbonyl (C=O) groups excluding carboxylic acids is 2. The van der Waals surface area contributed by atoms with Crippen LogP contribution in [0.5, 0.6) is 0 Å². The number of hydrogen-bond acceptors (Lipinski definition) is 2. The van der Waals surface area contributed by atoms with E-state index in [1.807, 2.05) is 60.7 Å². The van der Waals surface area contributed by atoms with Gasteiger partial charge in [-0.1, -0.05) is 60.7 Å². The van der Waals surface area contributed by atoms with Crippen LogP contribution in [-0.4, -0.2) is 23.9 Å². The summed E-state index contributed by atoms with van der Waals surface area (Å²) in [5.41, 5.74) is 1.76. The maximum atomic E-state index is 11.9. The zero-order valence-electron chi connectivity index (χ0n) is 12.3. The van der Waals surface area contributed by atoms with Crippen molar-refractivity contribution in [1.29, 1.82) is 0 Å². The first-order chi connectivity index (χ1) is 10.7. The van der Waals surface area contributed by atoms with E-state index in [2.05, 4.69) is 5.32 Å². The second kappa shape index (κ2) is 7.78. The molecular formula is C18H17N2O2. The van der Waals surface area contributed by atoms with Gasteiger partial charge in [0.1, 0.15) is 0 Å². The predicted molar refractivity (Wildman–Crippen MR) is 86.6 cm³/mol. The Hall–Kier alpha value is -2.88. The number of amides is 3. The molecule has 4 heteroatoms. The van der Waals surface area contributed by atoms with E-state index in [-0.39, 0.29) is 5.91 Å². The van der Waals surface area contributed by atoms with Crippen molar-refractivity contribution < 1.29 is 9.59 Å². The van der Waals surface area contributed by atoms with E-state index >= 15 is 0 Å². The Morgan fingerprint density at radius 1 is 0.909 bits per heavy atom. The molecule has 0 aromatic heterocycles. The minimum atomic E-state index is -0.480. The fourth-order valence-electron chi connectivity index (χ4n) is 1.73. The van der Waals surface area contributed by atoms with Crippen molar-refractivity contribution >= 4 is 18.0 Å². The number of imide groups is 1. The van der Waals surface area contributed by atoms with E-state index in [9.17, 15) is 9.59 Å². The van der Waals surface area contributed by atoms with Gasteiger partial charge in [0.15, 0.2) is 0 Å². The topological polar surface area (TPSA) is 49.4 Å². The Morgan fingerprint density at radius 3 is 2.05 bits per heavy atom. The van der Waals surface area contributed by atoms with Crippen LogP contribution in [0.15, 0.2) is 66.7 Å². The number of rotatable bonds is 4. The summed E-state index contributed by atoms with van der Waals surface area (Å²) < 4.78 is 0. The first kappa shape index (κ1) is 15.5. The summed E-state index contributed by atoms with van der Waals surface area (Å²) in [6.07, 6.45) is 3.05. The largest absolute Gasteiger partial charge is 0.328 e.